The van der Waals surface area contributed by atoms with Crippen molar-refractivity contribution >= 4 is 33.9 Å². The van der Waals surface area contributed by atoms with Gasteiger partial charge in [-0.15, -0.1) is 0 Å². The summed E-state index contributed by atoms with van der Waals surface area (Å²) in [7, 11) is -5.78. The first-order chi connectivity index (χ1) is 17.9. The van der Waals surface area contributed by atoms with Gasteiger partial charge >= 0.3 is 17.9 Å². The number of hydrogen-bond acceptors (Lipinski definition) is 7. The van der Waals surface area contributed by atoms with Crippen LogP contribution in [0.5, 0.6) is 0 Å². The van der Waals surface area contributed by atoms with Gasteiger partial charge in [0.25, 0.3) is 15.5 Å². The van der Waals surface area contributed by atoms with E-state index in [2.05, 4.69) is 6.92 Å². The van der Waals surface area contributed by atoms with Crippen LogP contribution in [0.1, 0.15) is 123 Å². The van der Waals surface area contributed by atoms with Gasteiger partial charge in [-0.2, -0.15) is 8.42 Å². The number of ether oxygens (including phenoxy) is 1. The molecule has 0 aromatic carbocycles. The van der Waals surface area contributed by atoms with Gasteiger partial charge in [-0.3, -0.25) is 23.7 Å². The number of unbranched alkanes of at least 4 members (excludes halogenated alkanes) is 15. The first-order valence-electron chi connectivity index (χ1n) is 13.8. The highest BCUT2D eigenvalue weighted by atomic mass is 32.2. The number of carboxylic acid groups (broad SMARTS) is 2. The molecule has 0 aromatic rings. The Morgan fingerprint density at radius 1 is 0.684 bits per heavy atom. The predicted molar refractivity (Wildman–Crippen MR) is 142 cm³/mol. The fraction of sp³-hybridized carbons (Fsp3) is 0.846. The van der Waals surface area contributed by atoms with E-state index < -0.39 is 50.5 Å². The van der Waals surface area contributed by atoms with E-state index in [9.17, 15) is 42.4 Å². The van der Waals surface area contributed by atoms with Crippen LogP contribution in [0.25, 0.3) is 0 Å². The maximum atomic E-state index is 12.8. The van der Waals surface area contributed by atoms with Crippen molar-refractivity contribution in [2.24, 2.45) is 11.1 Å². The number of esters is 1. The summed E-state index contributed by atoms with van der Waals surface area (Å²) in [5.74, 6) is -8.99. The van der Waals surface area contributed by atoms with E-state index in [1.54, 1.807) is 0 Å². The van der Waals surface area contributed by atoms with Gasteiger partial charge in [0.2, 0.25) is 10.7 Å². The van der Waals surface area contributed by atoms with Gasteiger partial charge in [0, 0.05) is 0 Å². The summed E-state index contributed by atoms with van der Waals surface area (Å²) in [6.07, 6.45) is 16.8. The summed E-state index contributed by atoms with van der Waals surface area (Å²) in [5.41, 5.74) is 0.996. The molecule has 0 saturated carbocycles. The smallest absolute Gasteiger partial charge is 0.333 e. The van der Waals surface area contributed by atoms with E-state index in [0.717, 1.165) is 32.6 Å². The van der Waals surface area contributed by atoms with Crippen LogP contribution in [0.15, 0.2) is 0 Å². The van der Waals surface area contributed by atoms with Crippen LogP contribution in [-0.4, -0.2) is 58.4 Å². The average Bonchev–Trinajstić information content (AvgIpc) is 2.82. The third-order valence-electron chi connectivity index (χ3n) is 7.12. The molecule has 0 aliphatic rings. The molecule has 1 amide bonds. The molecule has 0 radical (unpaired) electrons. The fourth-order valence-electron chi connectivity index (χ4n) is 4.82. The van der Waals surface area contributed by atoms with Crippen molar-refractivity contribution in [3.05, 3.63) is 0 Å². The highest BCUT2D eigenvalue weighted by Gasteiger charge is 2.77. The lowest BCUT2D eigenvalue weighted by Crippen LogP contribution is -2.71. The number of carbonyl (C=O) groups is 4. The Morgan fingerprint density at radius 3 is 1.29 bits per heavy atom. The molecular formula is C26H47NO10S. The lowest BCUT2D eigenvalue weighted by Gasteiger charge is -2.37. The van der Waals surface area contributed by atoms with Crippen molar-refractivity contribution in [3.63, 3.8) is 0 Å². The van der Waals surface area contributed by atoms with Crippen molar-refractivity contribution < 1.29 is 47.1 Å². The second-order valence-electron chi connectivity index (χ2n) is 9.82. The molecule has 5 N–H and O–H groups in total. The van der Waals surface area contributed by atoms with Crippen LogP contribution in [0.2, 0.25) is 0 Å². The van der Waals surface area contributed by atoms with Crippen molar-refractivity contribution in [1.82, 2.24) is 0 Å². The Hall–Kier alpha value is -2.21. The number of carbonyl (C=O) groups excluding carboxylic acids is 2. The minimum Gasteiger partial charge on any atom is -0.480 e. The zero-order valence-electron chi connectivity index (χ0n) is 22.9. The number of amides is 1. The van der Waals surface area contributed by atoms with Crippen LogP contribution in [0.4, 0.5) is 0 Å². The van der Waals surface area contributed by atoms with Gasteiger partial charge in [0.15, 0.2) is 0 Å². The zero-order chi connectivity index (χ0) is 29.2. The van der Waals surface area contributed by atoms with E-state index in [-0.39, 0.29) is 6.61 Å². The Kier molecular flexibility index (Phi) is 17.1. The SMILES string of the molecule is CCCCCCCCCCCCCCCCCCOC(=O)C(CC)(C(C(N)=O)(C(=O)O)C(=O)O)S(=O)(=O)O. The standard InChI is InChI=1S/C26H47NO10S/c1-3-5-6-7-8-9-10-11-12-13-14-15-16-17-18-19-20-37-24(33)25(4-2,38(34,35)36)26(21(27)28,22(29)30)23(31)32/h3-20H2,1-2H3,(H2,27,28)(H,29,30)(H,31,32)(H,34,35,36). The van der Waals surface area contributed by atoms with Gasteiger partial charge in [0.05, 0.1) is 6.61 Å². The molecular weight excluding hydrogens is 518 g/mol. The van der Waals surface area contributed by atoms with Crippen molar-refractivity contribution in [2.75, 3.05) is 6.61 Å². The number of carboxylic acids is 2. The third kappa shape index (κ3) is 9.52. The Morgan fingerprint density at radius 2 is 1.03 bits per heavy atom. The lowest BCUT2D eigenvalue weighted by molar-refractivity contribution is -0.178. The molecule has 0 aliphatic heterocycles. The quantitative estimate of drug-likeness (QED) is 0.0560. The van der Waals surface area contributed by atoms with E-state index in [1.807, 2.05) is 0 Å². The lowest BCUT2D eigenvalue weighted by atomic mass is 9.72. The van der Waals surface area contributed by atoms with Crippen molar-refractivity contribution in [1.29, 1.82) is 0 Å². The molecule has 0 saturated heterocycles. The second kappa shape index (κ2) is 18.1. The molecule has 11 nitrogen and oxygen atoms in total. The van der Waals surface area contributed by atoms with E-state index >= 15 is 0 Å². The maximum Gasteiger partial charge on any atom is 0.333 e. The zero-order valence-corrected chi connectivity index (χ0v) is 23.7. The summed E-state index contributed by atoms with van der Waals surface area (Å²) in [6, 6.07) is 0. The van der Waals surface area contributed by atoms with Gasteiger partial charge < -0.3 is 20.7 Å². The van der Waals surface area contributed by atoms with Crippen molar-refractivity contribution in [3.8, 4) is 0 Å². The van der Waals surface area contributed by atoms with Gasteiger partial charge in [0.1, 0.15) is 0 Å². The van der Waals surface area contributed by atoms with Crippen LogP contribution >= 0.6 is 0 Å². The van der Waals surface area contributed by atoms with E-state index in [0.29, 0.717) is 12.8 Å². The number of primary amides is 1. The van der Waals surface area contributed by atoms with Crippen LogP contribution in [0, 0.1) is 5.41 Å². The summed E-state index contributed by atoms with van der Waals surface area (Å²) in [4.78, 5) is 48.4. The molecule has 0 aromatic heterocycles. The Bertz CT molecular complexity index is 822. The van der Waals surface area contributed by atoms with Crippen molar-refractivity contribution in [2.45, 2.75) is 128 Å². The molecule has 38 heavy (non-hydrogen) atoms. The normalized spacial score (nSPS) is 13.6. The molecule has 0 rings (SSSR count). The molecule has 12 heteroatoms. The minimum absolute atomic E-state index is 0.305. The molecule has 1 unspecified atom stereocenters. The molecule has 222 valence electrons. The average molecular weight is 566 g/mol. The minimum atomic E-state index is -5.78. The maximum absolute atomic E-state index is 12.8. The number of aliphatic carboxylic acids is 2. The topological polar surface area (TPSA) is 198 Å². The number of hydrogen-bond donors (Lipinski definition) is 4. The Labute approximate surface area is 226 Å². The summed E-state index contributed by atoms with van der Waals surface area (Å²) < 4.78 is 35.4. The van der Waals surface area contributed by atoms with Crippen LogP contribution in [-0.2, 0) is 34.0 Å². The molecule has 1 atom stereocenters. The Balaban J connectivity index is 4.53. The second-order valence-corrected chi connectivity index (χ2v) is 11.5. The molecule has 0 spiro atoms. The summed E-state index contributed by atoms with van der Waals surface area (Å²) in [5, 5.41) is 19.0. The van der Waals surface area contributed by atoms with Gasteiger partial charge in [-0.25, -0.2) is 0 Å². The third-order valence-corrected chi connectivity index (χ3v) is 8.76. The number of nitrogens with two attached hydrogens (primary N) is 1. The molecule has 0 heterocycles. The molecule has 0 aliphatic carbocycles. The monoisotopic (exact) mass is 565 g/mol. The summed E-state index contributed by atoms with van der Waals surface area (Å²) in [6.45, 7) is 2.81. The van der Waals surface area contributed by atoms with Gasteiger partial charge in [-0.1, -0.05) is 110 Å². The largest absolute Gasteiger partial charge is 0.480 e. The first-order valence-corrected chi connectivity index (χ1v) is 15.2. The van der Waals surface area contributed by atoms with E-state index in [1.165, 1.54) is 64.2 Å². The van der Waals surface area contributed by atoms with Crippen LogP contribution < -0.4 is 5.73 Å². The van der Waals surface area contributed by atoms with E-state index in [4.69, 9.17) is 10.5 Å². The molecule has 0 bridgehead atoms. The first kappa shape index (κ1) is 35.8. The number of rotatable bonds is 24. The fourth-order valence-corrected chi connectivity index (χ4v) is 6.12. The predicted octanol–water partition coefficient (Wildman–Crippen LogP) is 4.47. The molecule has 0 fully saturated rings. The van der Waals surface area contributed by atoms with Gasteiger partial charge in [-0.05, 0) is 12.8 Å². The highest BCUT2D eigenvalue weighted by molar-refractivity contribution is 7.88. The summed E-state index contributed by atoms with van der Waals surface area (Å²) >= 11 is 0. The highest BCUT2D eigenvalue weighted by Crippen LogP contribution is 2.43. The van der Waals surface area contributed by atoms with Crippen LogP contribution in [0.3, 0.4) is 0 Å².